The number of carbonyl (C=O) groups is 1. The Morgan fingerprint density at radius 3 is 2.47 bits per heavy atom. The number of hydrogen-bond acceptors (Lipinski definition) is 4. The first-order valence-corrected chi connectivity index (χ1v) is 7.22. The van der Waals surface area contributed by atoms with Gasteiger partial charge >= 0.3 is 6.09 Å². The van der Waals surface area contributed by atoms with Crippen molar-refractivity contribution < 1.29 is 14.6 Å². The molecule has 1 heterocycles. The molecule has 2 fully saturated rings. The first-order chi connectivity index (χ1) is 8.79. The summed E-state index contributed by atoms with van der Waals surface area (Å²) in [6.45, 7) is 7.68. The van der Waals surface area contributed by atoms with Gasteiger partial charge in [-0.3, -0.25) is 0 Å². The van der Waals surface area contributed by atoms with E-state index in [1.807, 2.05) is 25.7 Å². The van der Waals surface area contributed by atoms with Crippen molar-refractivity contribution in [1.82, 2.24) is 10.2 Å². The van der Waals surface area contributed by atoms with Gasteiger partial charge in [0.05, 0.1) is 5.60 Å². The maximum atomic E-state index is 12.1. The monoisotopic (exact) mass is 270 g/mol. The second kappa shape index (κ2) is 5.29. The molecule has 1 amide bonds. The van der Waals surface area contributed by atoms with Gasteiger partial charge in [-0.15, -0.1) is 0 Å². The molecule has 0 aromatic rings. The zero-order valence-electron chi connectivity index (χ0n) is 12.2. The molecule has 1 saturated heterocycles. The van der Waals surface area contributed by atoms with Crippen LogP contribution in [0.2, 0.25) is 0 Å². The normalized spacial score (nSPS) is 21.7. The summed E-state index contributed by atoms with van der Waals surface area (Å²) in [5, 5.41) is 13.1. The van der Waals surface area contributed by atoms with Gasteiger partial charge in [0.15, 0.2) is 0 Å². The third-order valence-corrected chi connectivity index (χ3v) is 3.56. The van der Waals surface area contributed by atoms with Crippen molar-refractivity contribution in [3.8, 4) is 0 Å². The van der Waals surface area contributed by atoms with Crippen molar-refractivity contribution in [3.05, 3.63) is 0 Å². The van der Waals surface area contributed by atoms with Gasteiger partial charge in [-0.1, -0.05) is 0 Å². The number of ether oxygens (including phenoxy) is 1. The number of carbonyl (C=O) groups excluding carboxylic acids is 1. The maximum Gasteiger partial charge on any atom is 0.410 e. The summed E-state index contributed by atoms with van der Waals surface area (Å²) < 4.78 is 5.44. The molecule has 5 heteroatoms. The fourth-order valence-corrected chi connectivity index (χ4v) is 2.30. The number of amides is 1. The third kappa shape index (κ3) is 4.35. The van der Waals surface area contributed by atoms with E-state index >= 15 is 0 Å². The zero-order chi connectivity index (χ0) is 14.1. The van der Waals surface area contributed by atoms with Crippen LogP contribution < -0.4 is 5.32 Å². The van der Waals surface area contributed by atoms with Gasteiger partial charge in [0.2, 0.25) is 0 Å². The molecule has 1 saturated carbocycles. The third-order valence-electron chi connectivity index (χ3n) is 3.56. The van der Waals surface area contributed by atoms with E-state index in [-0.39, 0.29) is 6.09 Å². The van der Waals surface area contributed by atoms with Crippen molar-refractivity contribution >= 4 is 6.09 Å². The van der Waals surface area contributed by atoms with Crippen LogP contribution in [0.3, 0.4) is 0 Å². The number of hydrogen-bond donors (Lipinski definition) is 2. The van der Waals surface area contributed by atoms with E-state index in [0.717, 1.165) is 25.7 Å². The van der Waals surface area contributed by atoms with Crippen LogP contribution in [0.15, 0.2) is 0 Å². The summed E-state index contributed by atoms with van der Waals surface area (Å²) in [6, 6.07) is 0.351. The molecule has 5 nitrogen and oxygen atoms in total. The highest BCUT2D eigenvalue weighted by Crippen LogP contribution is 2.29. The Hall–Kier alpha value is -0.810. The highest BCUT2D eigenvalue weighted by atomic mass is 16.6. The Balaban J connectivity index is 1.77. The van der Waals surface area contributed by atoms with Crippen LogP contribution in [0, 0.1) is 0 Å². The molecule has 1 aliphatic carbocycles. The smallest absolute Gasteiger partial charge is 0.410 e. The largest absolute Gasteiger partial charge is 0.444 e. The fraction of sp³-hybridized carbons (Fsp3) is 0.929. The number of β-amino-alcohol motifs (C(OH)–C–C–N with tert-alkyl or cyclic N) is 1. The number of rotatable bonds is 5. The van der Waals surface area contributed by atoms with Crippen molar-refractivity contribution in [3.63, 3.8) is 0 Å². The van der Waals surface area contributed by atoms with Crippen molar-refractivity contribution in [2.45, 2.75) is 63.7 Å². The van der Waals surface area contributed by atoms with E-state index in [9.17, 15) is 9.90 Å². The molecule has 0 aromatic heterocycles. The Morgan fingerprint density at radius 2 is 2.05 bits per heavy atom. The number of nitrogens with zero attached hydrogens (tertiary/aromatic N) is 1. The standard InChI is InChI=1S/C14H26N2O3/c1-13(2,3)19-12(17)16(11-5-6-11)8-4-7-14(18)9-15-10-14/h11,15,18H,4-10H2,1-3H3. The molecule has 2 aliphatic rings. The van der Waals surface area contributed by atoms with E-state index in [1.54, 1.807) is 0 Å². The zero-order valence-corrected chi connectivity index (χ0v) is 12.2. The topological polar surface area (TPSA) is 61.8 Å². The maximum absolute atomic E-state index is 12.1. The fourth-order valence-electron chi connectivity index (χ4n) is 2.30. The highest BCUT2D eigenvalue weighted by molar-refractivity contribution is 5.69. The Kier molecular flexibility index (Phi) is 4.06. The lowest BCUT2D eigenvalue weighted by Crippen LogP contribution is -2.59. The van der Waals surface area contributed by atoms with Crippen LogP contribution in [0.1, 0.15) is 46.5 Å². The molecule has 19 heavy (non-hydrogen) atoms. The molecule has 2 N–H and O–H groups in total. The number of aliphatic hydroxyl groups is 1. The van der Waals surface area contributed by atoms with Gasteiger partial charge in [-0.2, -0.15) is 0 Å². The van der Waals surface area contributed by atoms with Crippen molar-refractivity contribution in [2.24, 2.45) is 0 Å². The average Bonchev–Trinajstić information content (AvgIpc) is 3.02. The second-order valence-electron chi connectivity index (χ2n) is 6.84. The molecule has 0 aromatic carbocycles. The first kappa shape index (κ1) is 14.6. The molecular formula is C14H26N2O3. The minimum Gasteiger partial charge on any atom is -0.444 e. The van der Waals surface area contributed by atoms with Crippen LogP contribution in [-0.4, -0.2) is 53.0 Å². The lowest BCUT2D eigenvalue weighted by molar-refractivity contribution is -0.0222. The van der Waals surface area contributed by atoms with Crippen LogP contribution >= 0.6 is 0 Å². The van der Waals surface area contributed by atoms with Crippen LogP contribution in [-0.2, 0) is 4.74 Å². The number of nitrogens with one attached hydrogen (secondary N) is 1. The molecule has 0 bridgehead atoms. The van der Waals surface area contributed by atoms with Crippen LogP contribution in [0.25, 0.3) is 0 Å². The Morgan fingerprint density at radius 1 is 1.42 bits per heavy atom. The van der Waals surface area contributed by atoms with Crippen molar-refractivity contribution in [2.75, 3.05) is 19.6 Å². The first-order valence-electron chi connectivity index (χ1n) is 7.22. The van der Waals surface area contributed by atoms with Gasteiger partial charge in [-0.25, -0.2) is 4.79 Å². The SMILES string of the molecule is CC(C)(C)OC(=O)N(CCCC1(O)CNC1)C1CC1. The van der Waals surface area contributed by atoms with E-state index < -0.39 is 11.2 Å². The lowest BCUT2D eigenvalue weighted by atomic mass is 9.91. The Labute approximate surface area is 115 Å². The predicted octanol–water partition coefficient (Wildman–Crippen LogP) is 1.50. The second-order valence-corrected chi connectivity index (χ2v) is 6.84. The molecule has 0 unspecified atom stereocenters. The minimum atomic E-state index is -0.552. The minimum absolute atomic E-state index is 0.214. The van der Waals surface area contributed by atoms with Gasteiger partial charge in [0.25, 0.3) is 0 Å². The molecule has 110 valence electrons. The van der Waals surface area contributed by atoms with Gasteiger partial charge in [-0.05, 0) is 46.5 Å². The molecule has 0 radical (unpaired) electrons. The van der Waals surface area contributed by atoms with Crippen LogP contribution in [0.5, 0.6) is 0 Å². The lowest BCUT2D eigenvalue weighted by Gasteiger charge is -2.38. The van der Waals surface area contributed by atoms with E-state index in [4.69, 9.17) is 4.74 Å². The Bertz CT molecular complexity index is 330. The quantitative estimate of drug-likeness (QED) is 0.795. The van der Waals surface area contributed by atoms with Gasteiger partial charge < -0.3 is 20.1 Å². The average molecular weight is 270 g/mol. The molecular weight excluding hydrogens is 244 g/mol. The van der Waals surface area contributed by atoms with E-state index in [1.165, 1.54) is 0 Å². The molecule has 2 rings (SSSR count). The summed E-state index contributed by atoms with van der Waals surface area (Å²) in [5.41, 5.74) is -0.997. The summed E-state index contributed by atoms with van der Waals surface area (Å²) in [4.78, 5) is 13.9. The van der Waals surface area contributed by atoms with E-state index in [2.05, 4.69) is 5.32 Å². The molecule has 1 aliphatic heterocycles. The highest BCUT2D eigenvalue weighted by Gasteiger charge is 2.37. The molecule has 0 atom stereocenters. The predicted molar refractivity (Wildman–Crippen MR) is 73.0 cm³/mol. The van der Waals surface area contributed by atoms with E-state index in [0.29, 0.717) is 25.7 Å². The molecule has 0 spiro atoms. The summed E-state index contributed by atoms with van der Waals surface area (Å²) in [6.07, 6.45) is 3.50. The summed E-state index contributed by atoms with van der Waals surface area (Å²) >= 11 is 0. The van der Waals surface area contributed by atoms with Crippen molar-refractivity contribution in [1.29, 1.82) is 0 Å². The summed E-state index contributed by atoms with van der Waals surface area (Å²) in [5.74, 6) is 0. The summed E-state index contributed by atoms with van der Waals surface area (Å²) in [7, 11) is 0. The van der Waals surface area contributed by atoms with Crippen LogP contribution in [0.4, 0.5) is 4.79 Å². The van der Waals surface area contributed by atoms with Gasteiger partial charge in [0, 0.05) is 25.7 Å². The van der Waals surface area contributed by atoms with Gasteiger partial charge in [0.1, 0.15) is 5.60 Å².